The van der Waals surface area contributed by atoms with Crippen LogP contribution >= 0.6 is 0 Å². The van der Waals surface area contributed by atoms with E-state index < -0.39 is 55.3 Å². The minimum atomic E-state index is -2.78. The molecule has 0 amide bonds. The molecule has 0 aromatic heterocycles. The second kappa shape index (κ2) is 5.45. The Morgan fingerprint density at radius 1 is 1.39 bits per heavy atom. The van der Waals surface area contributed by atoms with Gasteiger partial charge in [-0.25, -0.2) is 4.79 Å². The highest BCUT2D eigenvalue weighted by molar-refractivity contribution is 5.75. The van der Waals surface area contributed by atoms with Crippen LogP contribution in [-0.4, -0.2) is 84.6 Å². The van der Waals surface area contributed by atoms with Crippen molar-refractivity contribution in [2.24, 2.45) is 0 Å². The van der Waals surface area contributed by atoms with E-state index in [1.807, 2.05) is 0 Å². The molecule has 6 atom stereocenters. The summed E-state index contributed by atoms with van der Waals surface area (Å²) >= 11 is 0. The molecule has 18 heavy (non-hydrogen) atoms. The first-order valence-electron chi connectivity index (χ1n) is 5.19. The van der Waals surface area contributed by atoms with Crippen molar-refractivity contribution >= 4 is 5.97 Å². The largest absolute Gasteiger partial charge is 0.477 e. The molecule has 0 spiro atoms. The van der Waals surface area contributed by atoms with E-state index >= 15 is 0 Å². The van der Waals surface area contributed by atoms with E-state index in [2.05, 4.69) is 4.74 Å². The Balaban J connectivity index is 2.92. The summed E-state index contributed by atoms with van der Waals surface area (Å²) in [6, 6.07) is 0. The lowest BCUT2D eigenvalue weighted by Gasteiger charge is -2.42. The smallest absolute Gasteiger partial charge is 0.364 e. The Kier molecular flexibility index (Phi) is 4.61. The van der Waals surface area contributed by atoms with Gasteiger partial charge < -0.3 is 40.5 Å². The Labute approximate surface area is 101 Å². The lowest BCUT2D eigenvalue weighted by atomic mass is 9.91. The summed E-state index contributed by atoms with van der Waals surface area (Å²) in [5.74, 6) is -4.58. The average Bonchev–Trinajstić information content (AvgIpc) is 2.31. The summed E-state index contributed by atoms with van der Waals surface area (Å²) < 4.78 is 4.63. The number of carbonyl (C=O) groups is 1. The predicted octanol–water partition coefficient (Wildman–Crippen LogP) is -4.02. The molecule has 1 heterocycles. The van der Waals surface area contributed by atoms with E-state index in [-0.39, 0.29) is 0 Å². The molecule has 0 radical (unpaired) electrons. The van der Waals surface area contributed by atoms with Crippen LogP contribution in [0.3, 0.4) is 0 Å². The van der Waals surface area contributed by atoms with E-state index in [9.17, 15) is 30.3 Å². The number of carboxylic acid groups (broad SMARTS) is 1. The molecule has 0 bridgehead atoms. The maximum absolute atomic E-state index is 10.8. The van der Waals surface area contributed by atoms with Gasteiger partial charge in [-0.05, 0) is 0 Å². The van der Waals surface area contributed by atoms with Gasteiger partial charge in [-0.1, -0.05) is 0 Å². The maximum Gasteiger partial charge on any atom is 0.364 e. The van der Waals surface area contributed by atoms with Crippen LogP contribution in [0.5, 0.6) is 0 Å². The van der Waals surface area contributed by atoms with E-state index in [0.717, 1.165) is 0 Å². The average molecular weight is 268 g/mol. The summed E-state index contributed by atoms with van der Waals surface area (Å²) in [5.41, 5.74) is 0. The molecule has 0 saturated carbocycles. The molecule has 0 aromatic rings. The third-order valence-corrected chi connectivity index (χ3v) is 2.80. The molecule has 1 rings (SSSR count). The highest BCUT2D eigenvalue weighted by Gasteiger charge is 2.53. The molecule has 1 unspecified atom stereocenters. The summed E-state index contributed by atoms with van der Waals surface area (Å²) in [4.78, 5) is 10.8. The van der Waals surface area contributed by atoms with Crippen LogP contribution in [0, 0.1) is 0 Å². The fourth-order valence-corrected chi connectivity index (χ4v) is 1.70. The Bertz CT molecular complexity index is 308. The Hall–Kier alpha value is -0.810. The summed E-state index contributed by atoms with van der Waals surface area (Å²) in [5, 5.41) is 64.6. The van der Waals surface area contributed by atoms with Gasteiger partial charge in [-0.15, -0.1) is 0 Å². The number of rotatable bonds is 4. The standard InChI is InChI=1S/C9H16O9/c10-2-4(12)6(14)7-5(13)3(11)1-9(17,18-7)8(15)16/h3-7,10-14,17H,1-2H2,(H,15,16)/t3-,4+,5+,6-,7+,9?/m0/s1. The number of hydrogen-bond acceptors (Lipinski definition) is 8. The van der Waals surface area contributed by atoms with Crippen molar-refractivity contribution < 1.29 is 45.3 Å². The number of ether oxygens (including phenoxy) is 1. The molecular formula is C9H16O9. The lowest BCUT2D eigenvalue weighted by Crippen LogP contribution is -2.63. The topological polar surface area (TPSA) is 168 Å². The summed E-state index contributed by atoms with van der Waals surface area (Å²) in [6.07, 6.45) is -9.50. The molecule has 7 N–H and O–H groups in total. The summed E-state index contributed by atoms with van der Waals surface area (Å²) in [6.45, 7) is -0.866. The van der Waals surface area contributed by atoms with Crippen LogP contribution in [-0.2, 0) is 9.53 Å². The van der Waals surface area contributed by atoms with E-state index in [1.54, 1.807) is 0 Å². The third-order valence-electron chi connectivity index (χ3n) is 2.80. The normalized spacial score (nSPS) is 40.2. The first-order valence-corrected chi connectivity index (χ1v) is 5.19. The van der Waals surface area contributed by atoms with Crippen molar-refractivity contribution in [2.45, 2.75) is 42.7 Å². The van der Waals surface area contributed by atoms with Gasteiger partial charge in [-0.3, -0.25) is 0 Å². The van der Waals surface area contributed by atoms with Gasteiger partial charge in [0.05, 0.1) is 12.7 Å². The van der Waals surface area contributed by atoms with Crippen molar-refractivity contribution in [3.63, 3.8) is 0 Å². The van der Waals surface area contributed by atoms with Crippen LogP contribution in [0.25, 0.3) is 0 Å². The van der Waals surface area contributed by atoms with E-state index in [0.29, 0.717) is 0 Å². The first-order chi connectivity index (χ1) is 8.23. The van der Waals surface area contributed by atoms with Gasteiger partial charge in [0.15, 0.2) is 0 Å². The van der Waals surface area contributed by atoms with Gasteiger partial charge in [0.2, 0.25) is 0 Å². The molecule has 1 aliphatic heterocycles. The van der Waals surface area contributed by atoms with Gasteiger partial charge in [0.25, 0.3) is 5.79 Å². The van der Waals surface area contributed by atoms with Crippen LogP contribution < -0.4 is 0 Å². The molecule has 9 nitrogen and oxygen atoms in total. The van der Waals surface area contributed by atoms with Crippen molar-refractivity contribution in [3.05, 3.63) is 0 Å². The third kappa shape index (κ3) is 2.78. The maximum atomic E-state index is 10.8. The van der Waals surface area contributed by atoms with Gasteiger partial charge in [-0.2, -0.15) is 0 Å². The Morgan fingerprint density at radius 3 is 2.39 bits per heavy atom. The van der Waals surface area contributed by atoms with Crippen molar-refractivity contribution in [3.8, 4) is 0 Å². The van der Waals surface area contributed by atoms with Crippen molar-refractivity contribution in [2.75, 3.05) is 6.61 Å². The minimum absolute atomic E-state index is 0.790. The summed E-state index contributed by atoms with van der Waals surface area (Å²) in [7, 11) is 0. The number of aliphatic hydroxyl groups excluding tert-OH is 5. The Morgan fingerprint density at radius 2 is 1.94 bits per heavy atom. The second-order valence-electron chi connectivity index (χ2n) is 4.17. The zero-order valence-electron chi connectivity index (χ0n) is 9.25. The van der Waals surface area contributed by atoms with Gasteiger partial charge >= 0.3 is 5.97 Å². The first kappa shape index (κ1) is 15.2. The zero-order chi connectivity index (χ0) is 14.1. The quantitative estimate of drug-likeness (QED) is 0.268. The molecule has 1 fully saturated rings. The SMILES string of the molecule is O=C(O)C1(O)C[C@H](O)[C@@H](O)[C@H]([C@@H](O)[C@H](O)CO)O1. The highest BCUT2D eigenvalue weighted by atomic mass is 16.7. The van der Waals surface area contributed by atoms with Gasteiger partial charge in [0.1, 0.15) is 24.4 Å². The predicted molar refractivity (Wildman–Crippen MR) is 53.2 cm³/mol. The highest BCUT2D eigenvalue weighted by Crippen LogP contribution is 2.30. The van der Waals surface area contributed by atoms with E-state index in [4.69, 9.17) is 10.2 Å². The molecule has 106 valence electrons. The van der Waals surface area contributed by atoms with Crippen LogP contribution in [0.15, 0.2) is 0 Å². The van der Waals surface area contributed by atoms with E-state index in [1.165, 1.54) is 0 Å². The monoisotopic (exact) mass is 268 g/mol. The molecule has 1 saturated heterocycles. The van der Waals surface area contributed by atoms with Crippen LogP contribution in [0.2, 0.25) is 0 Å². The van der Waals surface area contributed by atoms with Crippen molar-refractivity contribution in [1.82, 2.24) is 0 Å². The van der Waals surface area contributed by atoms with Crippen LogP contribution in [0.4, 0.5) is 0 Å². The second-order valence-corrected chi connectivity index (χ2v) is 4.17. The fraction of sp³-hybridized carbons (Fsp3) is 0.889. The molecule has 1 aliphatic rings. The minimum Gasteiger partial charge on any atom is -0.477 e. The zero-order valence-corrected chi connectivity index (χ0v) is 9.25. The number of carboxylic acids is 1. The molecule has 0 aliphatic carbocycles. The molecule has 0 aromatic carbocycles. The number of aliphatic carboxylic acids is 1. The number of aliphatic hydroxyl groups is 6. The fourth-order valence-electron chi connectivity index (χ4n) is 1.70. The molecular weight excluding hydrogens is 252 g/mol. The van der Waals surface area contributed by atoms with Gasteiger partial charge in [0, 0.05) is 6.42 Å². The molecule has 9 heteroatoms. The number of hydrogen-bond donors (Lipinski definition) is 7. The lowest BCUT2D eigenvalue weighted by molar-refractivity contribution is -0.312. The van der Waals surface area contributed by atoms with Crippen molar-refractivity contribution in [1.29, 1.82) is 0 Å². The van der Waals surface area contributed by atoms with Crippen LogP contribution in [0.1, 0.15) is 6.42 Å².